The summed E-state index contributed by atoms with van der Waals surface area (Å²) in [5.41, 5.74) is 0. The molecule has 1 unspecified atom stereocenters. The van der Waals surface area contributed by atoms with Gasteiger partial charge in [0.05, 0.1) is 0 Å². The zero-order valence-electron chi connectivity index (χ0n) is 7.92. The van der Waals surface area contributed by atoms with Crippen molar-refractivity contribution < 1.29 is 0 Å². The van der Waals surface area contributed by atoms with Crippen LogP contribution in [0.15, 0.2) is 17.5 Å². The van der Waals surface area contributed by atoms with Crippen molar-refractivity contribution in [1.82, 2.24) is 5.32 Å². The largest absolute Gasteiger partial charge is 0.309 e. The van der Waals surface area contributed by atoms with Crippen LogP contribution in [-0.2, 0) is 6.54 Å². The average molecular weight is 218 g/mol. The topological polar surface area (TPSA) is 12.0 Å². The second-order valence-corrected chi connectivity index (χ2v) is 4.60. The lowest BCUT2D eigenvalue weighted by molar-refractivity contribution is 0.512. The fourth-order valence-electron chi connectivity index (χ4n) is 1.17. The maximum absolute atomic E-state index is 5.62. The van der Waals surface area contributed by atoms with Crippen LogP contribution in [0.5, 0.6) is 0 Å². The van der Waals surface area contributed by atoms with Gasteiger partial charge in [0.25, 0.3) is 0 Å². The SMILES string of the molecule is CC(CCCCl)NCc1cccs1. The Kier molecular flexibility index (Phi) is 5.44. The molecule has 0 aliphatic rings. The van der Waals surface area contributed by atoms with Crippen molar-refractivity contribution >= 4 is 22.9 Å². The number of halogens is 1. The van der Waals surface area contributed by atoms with Crippen LogP contribution in [-0.4, -0.2) is 11.9 Å². The average Bonchev–Trinajstić information content (AvgIpc) is 2.64. The van der Waals surface area contributed by atoms with E-state index in [0.29, 0.717) is 6.04 Å². The predicted octanol–water partition coefficient (Wildman–Crippen LogP) is 3.25. The van der Waals surface area contributed by atoms with Gasteiger partial charge >= 0.3 is 0 Å². The summed E-state index contributed by atoms with van der Waals surface area (Å²) in [6.45, 7) is 3.20. The molecular weight excluding hydrogens is 202 g/mol. The number of rotatable bonds is 6. The number of thiophene rings is 1. The molecule has 1 atom stereocenters. The molecule has 0 bridgehead atoms. The summed E-state index contributed by atoms with van der Waals surface area (Å²) < 4.78 is 0. The van der Waals surface area contributed by atoms with Gasteiger partial charge in [-0.1, -0.05) is 6.07 Å². The third-order valence-corrected chi connectivity index (χ3v) is 3.12. The van der Waals surface area contributed by atoms with Crippen molar-refractivity contribution in [3.8, 4) is 0 Å². The molecule has 0 saturated heterocycles. The number of nitrogens with one attached hydrogen (secondary N) is 1. The van der Waals surface area contributed by atoms with E-state index in [1.807, 2.05) is 0 Å². The molecule has 0 amide bonds. The second kappa shape index (κ2) is 6.41. The maximum Gasteiger partial charge on any atom is 0.0302 e. The molecule has 74 valence electrons. The van der Waals surface area contributed by atoms with Crippen molar-refractivity contribution in [2.45, 2.75) is 32.4 Å². The molecule has 0 aliphatic carbocycles. The molecule has 1 heterocycles. The molecule has 1 nitrogen and oxygen atoms in total. The molecule has 0 aliphatic heterocycles. The molecule has 0 radical (unpaired) electrons. The molecule has 0 spiro atoms. The molecule has 0 saturated carbocycles. The molecule has 1 aromatic heterocycles. The summed E-state index contributed by atoms with van der Waals surface area (Å²) in [6.07, 6.45) is 2.26. The van der Waals surface area contributed by atoms with Gasteiger partial charge in [-0.15, -0.1) is 22.9 Å². The smallest absolute Gasteiger partial charge is 0.0302 e. The van der Waals surface area contributed by atoms with Crippen molar-refractivity contribution in [2.24, 2.45) is 0 Å². The van der Waals surface area contributed by atoms with Crippen LogP contribution in [0.25, 0.3) is 0 Å². The highest BCUT2D eigenvalue weighted by Crippen LogP contribution is 2.08. The predicted molar refractivity (Wildman–Crippen MR) is 60.6 cm³/mol. The Balaban J connectivity index is 2.11. The minimum atomic E-state index is 0.570. The van der Waals surface area contributed by atoms with Crippen LogP contribution in [0.2, 0.25) is 0 Å². The highest BCUT2D eigenvalue weighted by atomic mass is 35.5. The second-order valence-electron chi connectivity index (χ2n) is 3.19. The van der Waals surface area contributed by atoms with Gasteiger partial charge in [0.1, 0.15) is 0 Å². The summed E-state index contributed by atoms with van der Waals surface area (Å²) >= 11 is 7.42. The van der Waals surface area contributed by atoms with Gasteiger partial charge in [-0.25, -0.2) is 0 Å². The summed E-state index contributed by atoms with van der Waals surface area (Å²) in [7, 11) is 0. The molecule has 1 rings (SSSR count). The Bertz CT molecular complexity index is 211. The Hall–Kier alpha value is -0.0500. The van der Waals surface area contributed by atoms with Gasteiger partial charge < -0.3 is 5.32 Å². The number of hydrogen-bond acceptors (Lipinski definition) is 2. The van der Waals surface area contributed by atoms with Gasteiger partial charge in [-0.3, -0.25) is 0 Å². The van der Waals surface area contributed by atoms with Crippen LogP contribution >= 0.6 is 22.9 Å². The summed E-state index contributed by atoms with van der Waals surface area (Å²) in [5.74, 6) is 0.769. The molecule has 3 heteroatoms. The van der Waals surface area contributed by atoms with E-state index in [2.05, 4.69) is 29.8 Å². The molecule has 0 fully saturated rings. The molecule has 13 heavy (non-hydrogen) atoms. The van der Waals surface area contributed by atoms with Crippen LogP contribution in [0.4, 0.5) is 0 Å². The number of hydrogen-bond donors (Lipinski definition) is 1. The monoisotopic (exact) mass is 217 g/mol. The Morgan fingerprint density at radius 2 is 2.46 bits per heavy atom. The standard InChI is InChI=1S/C10H16ClNS/c1-9(4-2-6-11)12-8-10-5-3-7-13-10/h3,5,7,9,12H,2,4,6,8H2,1H3. The third-order valence-electron chi connectivity index (χ3n) is 1.98. The third kappa shape index (κ3) is 4.65. The first kappa shape index (κ1) is 11.0. The van der Waals surface area contributed by atoms with E-state index >= 15 is 0 Å². The van der Waals surface area contributed by atoms with E-state index < -0.39 is 0 Å². The Labute approximate surface area is 89.1 Å². The van der Waals surface area contributed by atoms with Crippen LogP contribution in [0, 0.1) is 0 Å². The summed E-state index contributed by atoms with van der Waals surface area (Å²) in [4.78, 5) is 1.40. The first-order chi connectivity index (χ1) is 6.33. The minimum absolute atomic E-state index is 0.570. The summed E-state index contributed by atoms with van der Waals surface area (Å²) in [5, 5.41) is 5.58. The zero-order chi connectivity index (χ0) is 9.52. The van der Waals surface area contributed by atoms with Crippen molar-refractivity contribution in [2.75, 3.05) is 5.88 Å². The molecular formula is C10H16ClNS. The fourth-order valence-corrected chi connectivity index (χ4v) is 1.98. The van der Waals surface area contributed by atoms with Gasteiger partial charge in [0.15, 0.2) is 0 Å². The quantitative estimate of drug-likeness (QED) is 0.722. The highest BCUT2D eigenvalue weighted by Gasteiger charge is 2.00. The lowest BCUT2D eigenvalue weighted by atomic mass is 10.2. The van der Waals surface area contributed by atoms with Crippen LogP contribution in [0.3, 0.4) is 0 Å². The van der Waals surface area contributed by atoms with E-state index in [0.717, 1.165) is 25.3 Å². The van der Waals surface area contributed by atoms with E-state index in [4.69, 9.17) is 11.6 Å². The first-order valence-corrected chi connectivity index (χ1v) is 6.06. The van der Waals surface area contributed by atoms with Crippen LogP contribution < -0.4 is 5.32 Å². The highest BCUT2D eigenvalue weighted by molar-refractivity contribution is 7.09. The fraction of sp³-hybridized carbons (Fsp3) is 0.600. The minimum Gasteiger partial charge on any atom is -0.309 e. The van der Waals surface area contributed by atoms with Gasteiger partial charge in [0, 0.05) is 23.3 Å². The van der Waals surface area contributed by atoms with Crippen molar-refractivity contribution in [3.05, 3.63) is 22.4 Å². The van der Waals surface area contributed by atoms with E-state index in [-0.39, 0.29) is 0 Å². The summed E-state index contributed by atoms with van der Waals surface area (Å²) in [6, 6.07) is 4.82. The van der Waals surface area contributed by atoms with E-state index in [9.17, 15) is 0 Å². The lowest BCUT2D eigenvalue weighted by Gasteiger charge is -2.11. The molecule has 1 N–H and O–H groups in total. The van der Waals surface area contributed by atoms with Crippen molar-refractivity contribution in [1.29, 1.82) is 0 Å². The normalized spacial score (nSPS) is 13.1. The maximum atomic E-state index is 5.62. The van der Waals surface area contributed by atoms with E-state index in [1.165, 1.54) is 4.88 Å². The number of alkyl halides is 1. The van der Waals surface area contributed by atoms with Gasteiger partial charge in [-0.05, 0) is 31.2 Å². The van der Waals surface area contributed by atoms with Gasteiger partial charge in [-0.2, -0.15) is 0 Å². The Morgan fingerprint density at radius 1 is 1.62 bits per heavy atom. The van der Waals surface area contributed by atoms with E-state index in [1.54, 1.807) is 11.3 Å². The van der Waals surface area contributed by atoms with Crippen LogP contribution in [0.1, 0.15) is 24.6 Å². The molecule has 1 aromatic rings. The Morgan fingerprint density at radius 3 is 3.08 bits per heavy atom. The zero-order valence-corrected chi connectivity index (χ0v) is 9.50. The van der Waals surface area contributed by atoms with Crippen molar-refractivity contribution in [3.63, 3.8) is 0 Å². The van der Waals surface area contributed by atoms with Gasteiger partial charge in [0.2, 0.25) is 0 Å². The molecule has 0 aromatic carbocycles. The first-order valence-electron chi connectivity index (χ1n) is 4.64. The lowest BCUT2D eigenvalue weighted by Crippen LogP contribution is -2.24.